The first-order valence-corrected chi connectivity index (χ1v) is 6.24. The molecule has 6 heteroatoms. The zero-order valence-electron chi connectivity index (χ0n) is 11.7. The van der Waals surface area contributed by atoms with Crippen molar-refractivity contribution in [2.75, 3.05) is 6.54 Å². The van der Waals surface area contributed by atoms with Gasteiger partial charge in [0.15, 0.2) is 0 Å². The number of nitro groups is 1. The lowest BCUT2D eigenvalue weighted by molar-refractivity contribution is -0.386. The molecular weight excluding hydrogens is 232 g/mol. The number of hydrogen-bond donors (Lipinski definition) is 1. The lowest BCUT2D eigenvalue weighted by Gasteiger charge is -2.15. The number of aromatic nitrogens is 2. The van der Waals surface area contributed by atoms with Gasteiger partial charge in [0.05, 0.1) is 4.92 Å². The van der Waals surface area contributed by atoms with Crippen molar-refractivity contribution in [2.24, 2.45) is 5.92 Å². The van der Waals surface area contributed by atoms with Gasteiger partial charge < -0.3 is 5.32 Å². The predicted molar refractivity (Wildman–Crippen MR) is 70.7 cm³/mol. The first kappa shape index (κ1) is 14.6. The van der Waals surface area contributed by atoms with E-state index in [4.69, 9.17) is 0 Å². The lowest BCUT2D eigenvalue weighted by atomic mass is 10.1. The molecule has 0 aliphatic rings. The fourth-order valence-corrected chi connectivity index (χ4v) is 1.93. The van der Waals surface area contributed by atoms with Crippen LogP contribution in [0.25, 0.3) is 0 Å². The molecular formula is C12H22N4O2. The monoisotopic (exact) mass is 254 g/mol. The Morgan fingerprint density at radius 2 is 2.00 bits per heavy atom. The van der Waals surface area contributed by atoms with Gasteiger partial charge in [0, 0.05) is 12.6 Å². The third-order valence-electron chi connectivity index (χ3n) is 2.89. The minimum absolute atomic E-state index is 0.138. The van der Waals surface area contributed by atoms with Gasteiger partial charge in [-0.3, -0.25) is 14.8 Å². The second kappa shape index (κ2) is 5.95. The molecule has 0 aliphatic heterocycles. The van der Waals surface area contributed by atoms with Crippen molar-refractivity contribution in [1.29, 1.82) is 0 Å². The summed E-state index contributed by atoms with van der Waals surface area (Å²) in [6.45, 7) is 11.3. The molecule has 0 fully saturated rings. The summed E-state index contributed by atoms with van der Waals surface area (Å²) in [6.07, 6.45) is 0. The van der Waals surface area contributed by atoms with Gasteiger partial charge in [-0.1, -0.05) is 20.8 Å². The standard InChI is InChI=1S/C12H22N4O2/c1-8(2)13-6-9(3)7-15-11(5)12(16(17)18)10(4)14-15/h8-9,13H,6-7H2,1-5H3. The normalized spacial score (nSPS) is 13.0. The molecule has 1 aromatic heterocycles. The molecule has 102 valence electrons. The molecule has 0 amide bonds. The number of hydrogen-bond acceptors (Lipinski definition) is 4. The van der Waals surface area contributed by atoms with Gasteiger partial charge in [-0.2, -0.15) is 5.10 Å². The van der Waals surface area contributed by atoms with Crippen LogP contribution in [0.2, 0.25) is 0 Å². The summed E-state index contributed by atoms with van der Waals surface area (Å²) >= 11 is 0. The molecule has 0 saturated heterocycles. The molecule has 6 nitrogen and oxygen atoms in total. The summed E-state index contributed by atoms with van der Waals surface area (Å²) in [7, 11) is 0. The van der Waals surface area contributed by atoms with Crippen molar-refractivity contribution in [1.82, 2.24) is 15.1 Å². The molecule has 1 rings (SSSR count). The average Bonchev–Trinajstić information content (AvgIpc) is 2.51. The highest BCUT2D eigenvalue weighted by Crippen LogP contribution is 2.22. The van der Waals surface area contributed by atoms with E-state index < -0.39 is 0 Å². The Morgan fingerprint density at radius 1 is 1.39 bits per heavy atom. The van der Waals surface area contributed by atoms with E-state index in [-0.39, 0.29) is 10.6 Å². The molecule has 1 atom stereocenters. The highest BCUT2D eigenvalue weighted by molar-refractivity contribution is 5.39. The Bertz CT molecular complexity index is 426. The molecule has 0 saturated carbocycles. The first-order valence-electron chi connectivity index (χ1n) is 6.24. The van der Waals surface area contributed by atoms with E-state index in [1.807, 2.05) is 0 Å². The van der Waals surface area contributed by atoms with Crippen LogP contribution in [0.4, 0.5) is 5.69 Å². The average molecular weight is 254 g/mol. The molecule has 0 aromatic carbocycles. The Balaban J connectivity index is 2.73. The Labute approximate surface area is 108 Å². The van der Waals surface area contributed by atoms with Crippen LogP contribution in [0.1, 0.15) is 32.2 Å². The quantitative estimate of drug-likeness (QED) is 0.623. The van der Waals surface area contributed by atoms with E-state index in [0.29, 0.717) is 29.9 Å². The van der Waals surface area contributed by atoms with Gasteiger partial charge in [-0.05, 0) is 26.3 Å². The SMILES string of the molecule is Cc1nn(CC(C)CNC(C)C)c(C)c1[N+](=O)[O-]. The van der Waals surface area contributed by atoms with Crippen LogP contribution >= 0.6 is 0 Å². The van der Waals surface area contributed by atoms with Crippen LogP contribution in [0, 0.1) is 29.9 Å². The Hall–Kier alpha value is -1.43. The van der Waals surface area contributed by atoms with Crippen molar-refractivity contribution in [3.05, 3.63) is 21.5 Å². The smallest absolute Gasteiger partial charge is 0.312 e. The molecule has 1 unspecified atom stereocenters. The molecule has 0 spiro atoms. The molecule has 18 heavy (non-hydrogen) atoms. The highest BCUT2D eigenvalue weighted by Gasteiger charge is 2.22. The van der Waals surface area contributed by atoms with Crippen LogP contribution < -0.4 is 5.32 Å². The van der Waals surface area contributed by atoms with Gasteiger partial charge >= 0.3 is 5.69 Å². The van der Waals surface area contributed by atoms with E-state index in [0.717, 1.165) is 6.54 Å². The van der Waals surface area contributed by atoms with E-state index >= 15 is 0 Å². The van der Waals surface area contributed by atoms with E-state index in [9.17, 15) is 10.1 Å². The van der Waals surface area contributed by atoms with Gasteiger partial charge in [0.1, 0.15) is 11.4 Å². The number of nitrogens with zero attached hydrogens (tertiary/aromatic N) is 3. The lowest BCUT2D eigenvalue weighted by Crippen LogP contribution is -2.30. The van der Waals surface area contributed by atoms with Crippen molar-refractivity contribution < 1.29 is 4.92 Å². The van der Waals surface area contributed by atoms with Crippen molar-refractivity contribution in [3.8, 4) is 0 Å². The topological polar surface area (TPSA) is 73.0 Å². The third kappa shape index (κ3) is 3.53. The Kier molecular flexibility index (Phi) is 4.84. The second-order valence-corrected chi connectivity index (χ2v) is 5.13. The number of aryl methyl sites for hydroxylation is 1. The van der Waals surface area contributed by atoms with Crippen LogP contribution in [0.3, 0.4) is 0 Å². The first-order chi connectivity index (χ1) is 8.32. The van der Waals surface area contributed by atoms with Crippen LogP contribution in [0.15, 0.2) is 0 Å². The maximum atomic E-state index is 10.9. The molecule has 0 aliphatic carbocycles. The molecule has 0 bridgehead atoms. The summed E-state index contributed by atoms with van der Waals surface area (Å²) in [6, 6.07) is 0.447. The molecule has 0 radical (unpaired) electrons. The van der Waals surface area contributed by atoms with Crippen molar-refractivity contribution >= 4 is 5.69 Å². The maximum absolute atomic E-state index is 10.9. The summed E-state index contributed by atoms with van der Waals surface area (Å²) in [5.41, 5.74) is 1.26. The van der Waals surface area contributed by atoms with Crippen LogP contribution in [-0.4, -0.2) is 27.3 Å². The summed E-state index contributed by atoms with van der Waals surface area (Å²) in [5.74, 6) is 0.380. The van der Waals surface area contributed by atoms with E-state index in [2.05, 4.69) is 31.2 Å². The zero-order chi connectivity index (χ0) is 13.9. The minimum Gasteiger partial charge on any atom is -0.314 e. The summed E-state index contributed by atoms with van der Waals surface area (Å²) < 4.78 is 1.74. The fraction of sp³-hybridized carbons (Fsp3) is 0.750. The number of rotatable bonds is 6. The van der Waals surface area contributed by atoms with Gasteiger partial charge in [0.2, 0.25) is 0 Å². The van der Waals surface area contributed by atoms with E-state index in [1.165, 1.54) is 0 Å². The van der Waals surface area contributed by atoms with E-state index in [1.54, 1.807) is 18.5 Å². The third-order valence-corrected chi connectivity index (χ3v) is 2.89. The maximum Gasteiger partial charge on any atom is 0.312 e. The van der Waals surface area contributed by atoms with Crippen molar-refractivity contribution in [2.45, 2.75) is 47.2 Å². The molecule has 1 heterocycles. The highest BCUT2D eigenvalue weighted by atomic mass is 16.6. The van der Waals surface area contributed by atoms with Gasteiger partial charge in [0.25, 0.3) is 0 Å². The molecule has 1 N–H and O–H groups in total. The fourth-order valence-electron chi connectivity index (χ4n) is 1.93. The van der Waals surface area contributed by atoms with Crippen LogP contribution in [0.5, 0.6) is 0 Å². The number of nitrogens with one attached hydrogen (secondary N) is 1. The summed E-state index contributed by atoms with van der Waals surface area (Å²) in [4.78, 5) is 10.5. The molecule has 1 aromatic rings. The van der Waals surface area contributed by atoms with Gasteiger partial charge in [-0.15, -0.1) is 0 Å². The minimum atomic E-state index is -0.356. The van der Waals surface area contributed by atoms with Gasteiger partial charge in [-0.25, -0.2) is 0 Å². The zero-order valence-corrected chi connectivity index (χ0v) is 11.7. The van der Waals surface area contributed by atoms with Crippen molar-refractivity contribution in [3.63, 3.8) is 0 Å². The predicted octanol–water partition coefficient (Wildman–Crippen LogP) is 2.04. The second-order valence-electron chi connectivity index (χ2n) is 5.13. The van der Waals surface area contributed by atoms with Crippen LogP contribution in [-0.2, 0) is 6.54 Å². The summed E-state index contributed by atoms with van der Waals surface area (Å²) in [5, 5.41) is 18.5. The Morgan fingerprint density at radius 3 is 2.44 bits per heavy atom. The largest absolute Gasteiger partial charge is 0.314 e.